The lowest BCUT2D eigenvalue weighted by atomic mass is 10.2. The van der Waals surface area contributed by atoms with Crippen LogP contribution in [0.4, 0.5) is 0 Å². The van der Waals surface area contributed by atoms with Crippen molar-refractivity contribution >= 4 is 10.0 Å². The molecule has 0 aliphatic carbocycles. The fourth-order valence-corrected chi connectivity index (χ4v) is 3.79. The summed E-state index contributed by atoms with van der Waals surface area (Å²) in [6.45, 7) is 1.22. The molecule has 1 aliphatic heterocycles. The summed E-state index contributed by atoms with van der Waals surface area (Å²) in [6.07, 6.45) is 1.62. The Morgan fingerprint density at radius 2 is 1.86 bits per heavy atom. The SMILES string of the molecule is O=S(=O)(Cc1ccc(CO)cc1)N1CCn2cnnc2C1. The van der Waals surface area contributed by atoms with E-state index in [0.29, 0.717) is 24.5 Å². The van der Waals surface area contributed by atoms with Crippen LogP contribution in [0.15, 0.2) is 30.6 Å². The minimum Gasteiger partial charge on any atom is -0.392 e. The number of hydrogen-bond acceptors (Lipinski definition) is 5. The van der Waals surface area contributed by atoms with Crippen molar-refractivity contribution in [3.63, 3.8) is 0 Å². The molecule has 112 valence electrons. The molecule has 0 fully saturated rings. The van der Waals surface area contributed by atoms with Crippen molar-refractivity contribution in [1.82, 2.24) is 19.1 Å². The molecule has 8 heteroatoms. The normalized spacial score (nSPS) is 15.9. The molecule has 0 saturated carbocycles. The monoisotopic (exact) mass is 308 g/mol. The zero-order valence-corrected chi connectivity index (χ0v) is 12.2. The summed E-state index contributed by atoms with van der Waals surface area (Å²) >= 11 is 0. The maximum absolute atomic E-state index is 12.5. The first-order valence-corrected chi connectivity index (χ1v) is 8.22. The largest absolute Gasteiger partial charge is 0.392 e. The van der Waals surface area contributed by atoms with Crippen LogP contribution in [-0.2, 0) is 35.5 Å². The second kappa shape index (κ2) is 5.55. The molecule has 0 unspecified atom stereocenters. The predicted octanol–water partition coefficient (Wildman–Crippen LogP) is 0.116. The number of aliphatic hydroxyl groups is 1. The highest BCUT2D eigenvalue weighted by molar-refractivity contribution is 7.88. The second-order valence-corrected chi connectivity index (χ2v) is 6.97. The molecule has 0 amide bonds. The fraction of sp³-hybridized carbons (Fsp3) is 0.385. The third-order valence-corrected chi connectivity index (χ3v) is 5.35. The summed E-state index contributed by atoms with van der Waals surface area (Å²) in [6, 6.07) is 6.93. The van der Waals surface area contributed by atoms with E-state index in [9.17, 15) is 8.42 Å². The molecule has 1 aromatic heterocycles. The Morgan fingerprint density at radius 3 is 2.57 bits per heavy atom. The number of fused-ring (bicyclic) bond motifs is 1. The summed E-state index contributed by atoms with van der Waals surface area (Å²) in [5.74, 6) is 0.618. The van der Waals surface area contributed by atoms with Crippen LogP contribution in [0.5, 0.6) is 0 Å². The Bertz CT molecular complexity index is 724. The summed E-state index contributed by atoms with van der Waals surface area (Å²) in [4.78, 5) is 0. The van der Waals surface area contributed by atoms with E-state index in [1.54, 1.807) is 30.6 Å². The Kier molecular flexibility index (Phi) is 3.75. The van der Waals surface area contributed by atoms with Crippen molar-refractivity contribution < 1.29 is 13.5 Å². The lowest BCUT2D eigenvalue weighted by Crippen LogP contribution is -2.38. The molecule has 0 radical (unpaired) electrons. The summed E-state index contributed by atoms with van der Waals surface area (Å²) in [5.41, 5.74) is 1.47. The molecule has 2 aromatic rings. The van der Waals surface area contributed by atoms with Crippen LogP contribution in [0.25, 0.3) is 0 Å². The van der Waals surface area contributed by atoms with Gasteiger partial charge in [-0.2, -0.15) is 4.31 Å². The highest BCUT2D eigenvalue weighted by Crippen LogP contribution is 2.17. The Balaban J connectivity index is 1.75. The zero-order chi connectivity index (χ0) is 14.9. The Labute approximate surface area is 122 Å². The number of benzene rings is 1. The van der Waals surface area contributed by atoms with Crippen LogP contribution in [0, 0.1) is 0 Å². The van der Waals surface area contributed by atoms with Gasteiger partial charge >= 0.3 is 0 Å². The lowest BCUT2D eigenvalue weighted by molar-refractivity contribution is 0.282. The van der Waals surface area contributed by atoms with E-state index in [4.69, 9.17) is 5.11 Å². The molecule has 0 saturated heterocycles. The molecule has 1 aliphatic rings. The minimum absolute atomic E-state index is 0.0468. The molecule has 21 heavy (non-hydrogen) atoms. The lowest BCUT2D eigenvalue weighted by Gasteiger charge is -2.26. The molecule has 0 spiro atoms. The minimum atomic E-state index is -3.39. The van der Waals surface area contributed by atoms with Gasteiger partial charge in [-0.25, -0.2) is 8.42 Å². The molecule has 7 nitrogen and oxygen atoms in total. The van der Waals surface area contributed by atoms with Crippen LogP contribution in [0.3, 0.4) is 0 Å². The number of hydrogen-bond donors (Lipinski definition) is 1. The first-order valence-electron chi connectivity index (χ1n) is 6.62. The third-order valence-electron chi connectivity index (χ3n) is 3.55. The molecule has 0 atom stereocenters. The average Bonchev–Trinajstić information content (AvgIpc) is 2.95. The number of aliphatic hydroxyl groups excluding tert-OH is 1. The van der Waals surface area contributed by atoms with Crippen LogP contribution < -0.4 is 0 Å². The van der Waals surface area contributed by atoms with Crippen molar-refractivity contribution in [2.75, 3.05) is 6.54 Å². The first-order chi connectivity index (χ1) is 10.1. The van der Waals surface area contributed by atoms with E-state index in [1.165, 1.54) is 4.31 Å². The number of sulfonamides is 1. The maximum atomic E-state index is 12.5. The molecular formula is C13H16N4O3S. The predicted molar refractivity (Wildman–Crippen MR) is 75.4 cm³/mol. The standard InChI is InChI=1S/C13H16N4O3S/c18-8-11-1-3-12(4-2-11)9-21(19,20)17-6-5-16-10-14-15-13(16)7-17/h1-4,10,18H,5-9H2. The van der Waals surface area contributed by atoms with Gasteiger partial charge in [-0.1, -0.05) is 24.3 Å². The van der Waals surface area contributed by atoms with Gasteiger partial charge in [0.05, 0.1) is 18.9 Å². The third kappa shape index (κ3) is 2.97. The smallest absolute Gasteiger partial charge is 0.218 e. The van der Waals surface area contributed by atoms with Gasteiger partial charge in [0.1, 0.15) is 12.2 Å². The van der Waals surface area contributed by atoms with Crippen LogP contribution in [0.1, 0.15) is 17.0 Å². The van der Waals surface area contributed by atoms with Gasteiger partial charge in [0.2, 0.25) is 10.0 Å². The zero-order valence-electron chi connectivity index (χ0n) is 11.4. The van der Waals surface area contributed by atoms with Gasteiger partial charge < -0.3 is 9.67 Å². The second-order valence-electron chi connectivity index (χ2n) is 5.00. The quantitative estimate of drug-likeness (QED) is 0.866. The van der Waals surface area contributed by atoms with Crippen molar-refractivity contribution in [1.29, 1.82) is 0 Å². The van der Waals surface area contributed by atoms with E-state index in [-0.39, 0.29) is 18.9 Å². The van der Waals surface area contributed by atoms with E-state index in [1.807, 2.05) is 4.57 Å². The van der Waals surface area contributed by atoms with E-state index in [2.05, 4.69) is 10.2 Å². The van der Waals surface area contributed by atoms with Gasteiger partial charge in [-0.15, -0.1) is 10.2 Å². The van der Waals surface area contributed by atoms with Gasteiger partial charge in [0, 0.05) is 13.1 Å². The van der Waals surface area contributed by atoms with E-state index in [0.717, 1.165) is 5.56 Å². The van der Waals surface area contributed by atoms with Gasteiger partial charge in [-0.05, 0) is 11.1 Å². The van der Waals surface area contributed by atoms with Gasteiger partial charge in [-0.3, -0.25) is 0 Å². The van der Waals surface area contributed by atoms with Crippen molar-refractivity contribution in [2.45, 2.75) is 25.4 Å². The fourth-order valence-electron chi connectivity index (χ4n) is 2.32. The maximum Gasteiger partial charge on any atom is 0.218 e. The number of nitrogens with zero attached hydrogens (tertiary/aromatic N) is 4. The molecule has 0 bridgehead atoms. The van der Waals surface area contributed by atoms with Crippen LogP contribution in [-0.4, -0.2) is 39.1 Å². The van der Waals surface area contributed by atoms with Gasteiger partial charge in [0.15, 0.2) is 0 Å². The number of rotatable bonds is 4. The van der Waals surface area contributed by atoms with Gasteiger partial charge in [0.25, 0.3) is 0 Å². The summed E-state index contributed by atoms with van der Waals surface area (Å²) in [7, 11) is -3.39. The average molecular weight is 308 g/mol. The Hall–Kier alpha value is -1.77. The van der Waals surface area contributed by atoms with Crippen LogP contribution in [0.2, 0.25) is 0 Å². The van der Waals surface area contributed by atoms with Crippen molar-refractivity contribution in [3.05, 3.63) is 47.5 Å². The highest BCUT2D eigenvalue weighted by atomic mass is 32.2. The highest BCUT2D eigenvalue weighted by Gasteiger charge is 2.27. The van der Waals surface area contributed by atoms with E-state index >= 15 is 0 Å². The Morgan fingerprint density at radius 1 is 1.14 bits per heavy atom. The summed E-state index contributed by atoms with van der Waals surface area (Å²) < 4.78 is 28.2. The van der Waals surface area contributed by atoms with Crippen molar-refractivity contribution in [3.8, 4) is 0 Å². The number of aromatic nitrogens is 3. The van der Waals surface area contributed by atoms with E-state index < -0.39 is 10.0 Å². The topological polar surface area (TPSA) is 88.3 Å². The summed E-state index contributed by atoms with van der Waals surface area (Å²) in [5, 5.41) is 16.7. The molecular weight excluding hydrogens is 292 g/mol. The molecule has 3 rings (SSSR count). The molecule has 2 heterocycles. The molecule has 1 aromatic carbocycles. The van der Waals surface area contributed by atoms with Crippen molar-refractivity contribution in [2.24, 2.45) is 0 Å². The molecule has 1 N–H and O–H groups in total. The van der Waals surface area contributed by atoms with Crippen LogP contribution >= 0.6 is 0 Å². The first kappa shape index (κ1) is 14.2.